The molecule has 1 fully saturated rings. The number of imidazole rings is 1. The van der Waals surface area contributed by atoms with E-state index in [-0.39, 0.29) is 11.2 Å². The smallest absolute Gasteiger partial charge is 0.240 e. The summed E-state index contributed by atoms with van der Waals surface area (Å²) in [7, 11) is 0. The van der Waals surface area contributed by atoms with E-state index in [2.05, 4.69) is 29.0 Å². The van der Waals surface area contributed by atoms with Crippen LogP contribution in [-0.2, 0) is 4.79 Å². The third-order valence-corrected chi connectivity index (χ3v) is 5.72. The highest BCUT2D eigenvalue weighted by Gasteiger charge is 2.29. The Labute approximate surface area is 151 Å². The van der Waals surface area contributed by atoms with Crippen molar-refractivity contribution in [1.29, 1.82) is 0 Å². The Morgan fingerprint density at radius 1 is 1.16 bits per heavy atom. The minimum absolute atomic E-state index is 0.185. The number of hydrogen-bond donors (Lipinski definition) is 1. The molecule has 2 heterocycles. The molecule has 25 heavy (non-hydrogen) atoms. The molecule has 0 unspecified atom stereocenters. The largest absolute Gasteiger partial charge is 0.341 e. The van der Waals surface area contributed by atoms with E-state index >= 15 is 0 Å². The summed E-state index contributed by atoms with van der Waals surface area (Å²) in [4.78, 5) is 23.1. The summed E-state index contributed by atoms with van der Waals surface area (Å²) in [5.74, 6) is 0.185. The van der Waals surface area contributed by atoms with Gasteiger partial charge in [-0.3, -0.25) is 4.79 Å². The Bertz CT molecular complexity index is 884. The van der Waals surface area contributed by atoms with Crippen molar-refractivity contribution in [3.8, 4) is 0 Å². The molecular formula is C20H21N3OS. The third-order valence-electron chi connectivity index (χ3n) is 4.59. The second-order valence-electron chi connectivity index (χ2n) is 6.50. The molecule has 4 nitrogen and oxygen atoms in total. The maximum atomic E-state index is 13.1. The maximum Gasteiger partial charge on any atom is 0.240 e. The van der Waals surface area contributed by atoms with Crippen LogP contribution < -0.4 is 0 Å². The average Bonchev–Trinajstić information content (AvgIpc) is 3.29. The standard InChI is InChI=1S/C20H21N3OS/c1-14-9-10-16-17(13-14)22-20(21-16)25-18(15-7-3-2-4-8-15)19(24)23-11-5-6-12-23/h2-4,7-10,13,18H,5-6,11-12H2,1H3,(H,21,22)/t18-/m1/s1. The topological polar surface area (TPSA) is 49.0 Å². The van der Waals surface area contributed by atoms with Crippen LogP contribution in [0.3, 0.4) is 0 Å². The number of aromatic nitrogens is 2. The second kappa shape index (κ2) is 6.92. The normalized spacial score (nSPS) is 15.6. The van der Waals surface area contributed by atoms with Crippen molar-refractivity contribution in [2.45, 2.75) is 30.2 Å². The third kappa shape index (κ3) is 3.42. The molecule has 1 atom stereocenters. The number of nitrogens with one attached hydrogen (secondary N) is 1. The van der Waals surface area contributed by atoms with Gasteiger partial charge in [-0.25, -0.2) is 4.98 Å². The number of H-pyrrole nitrogens is 1. The van der Waals surface area contributed by atoms with E-state index in [0.717, 1.165) is 47.7 Å². The van der Waals surface area contributed by atoms with Crippen molar-refractivity contribution in [2.24, 2.45) is 0 Å². The van der Waals surface area contributed by atoms with E-state index in [1.165, 1.54) is 17.3 Å². The molecule has 0 spiro atoms. The molecule has 128 valence electrons. The monoisotopic (exact) mass is 351 g/mol. The summed E-state index contributed by atoms with van der Waals surface area (Å²) in [6.45, 7) is 3.79. The van der Waals surface area contributed by atoms with Crippen LogP contribution >= 0.6 is 11.8 Å². The lowest BCUT2D eigenvalue weighted by Gasteiger charge is -2.22. The van der Waals surface area contributed by atoms with Crippen molar-refractivity contribution in [1.82, 2.24) is 14.9 Å². The van der Waals surface area contributed by atoms with Crippen LogP contribution in [-0.4, -0.2) is 33.9 Å². The first-order valence-corrected chi connectivity index (χ1v) is 9.55. The highest BCUT2D eigenvalue weighted by atomic mass is 32.2. The number of amides is 1. The molecule has 0 bridgehead atoms. The highest BCUT2D eigenvalue weighted by Crippen LogP contribution is 2.36. The molecule has 2 aromatic carbocycles. The van der Waals surface area contributed by atoms with Crippen LogP contribution in [0.4, 0.5) is 0 Å². The van der Waals surface area contributed by atoms with Crippen LogP contribution in [0.2, 0.25) is 0 Å². The number of nitrogens with zero attached hydrogens (tertiary/aromatic N) is 2. The zero-order chi connectivity index (χ0) is 17.2. The Kier molecular flexibility index (Phi) is 4.49. The van der Waals surface area contributed by atoms with Gasteiger partial charge >= 0.3 is 0 Å². The van der Waals surface area contributed by atoms with Crippen LogP contribution in [0, 0.1) is 6.92 Å². The molecule has 3 aromatic rings. The lowest BCUT2D eigenvalue weighted by molar-refractivity contribution is -0.129. The number of likely N-dealkylation sites (tertiary alicyclic amines) is 1. The molecule has 5 heteroatoms. The fourth-order valence-corrected chi connectivity index (χ4v) is 4.35. The van der Waals surface area contributed by atoms with E-state index in [4.69, 9.17) is 0 Å². The van der Waals surface area contributed by atoms with Gasteiger partial charge in [0.05, 0.1) is 11.0 Å². The summed E-state index contributed by atoms with van der Waals surface area (Å²) in [6, 6.07) is 16.2. The van der Waals surface area contributed by atoms with Crippen molar-refractivity contribution in [3.05, 3.63) is 59.7 Å². The van der Waals surface area contributed by atoms with Gasteiger partial charge < -0.3 is 9.88 Å². The van der Waals surface area contributed by atoms with Gasteiger partial charge in [-0.2, -0.15) is 0 Å². The minimum atomic E-state index is -0.263. The van der Waals surface area contributed by atoms with Crippen LogP contribution in [0.5, 0.6) is 0 Å². The van der Waals surface area contributed by atoms with E-state index in [1.807, 2.05) is 41.3 Å². The molecule has 0 radical (unpaired) electrons. The number of carbonyl (C=O) groups is 1. The van der Waals surface area contributed by atoms with Crippen molar-refractivity contribution >= 4 is 28.7 Å². The van der Waals surface area contributed by atoms with Crippen LogP contribution in [0.25, 0.3) is 11.0 Å². The van der Waals surface area contributed by atoms with Gasteiger partial charge in [-0.05, 0) is 43.0 Å². The molecule has 1 aromatic heterocycles. The van der Waals surface area contributed by atoms with Crippen LogP contribution in [0.15, 0.2) is 53.7 Å². The highest BCUT2D eigenvalue weighted by molar-refractivity contribution is 8.00. The van der Waals surface area contributed by atoms with Gasteiger partial charge in [-0.1, -0.05) is 48.2 Å². The van der Waals surface area contributed by atoms with Crippen molar-refractivity contribution in [2.75, 3.05) is 13.1 Å². The number of fused-ring (bicyclic) bond motifs is 1. The Balaban J connectivity index is 1.66. The van der Waals surface area contributed by atoms with E-state index in [0.29, 0.717) is 0 Å². The first-order chi connectivity index (χ1) is 12.2. The number of hydrogen-bond acceptors (Lipinski definition) is 3. The number of thioether (sulfide) groups is 1. The van der Waals surface area contributed by atoms with Gasteiger partial charge in [0.2, 0.25) is 5.91 Å². The fourth-order valence-electron chi connectivity index (χ4n) is 3.26. The number of benzene rings is 2. The van der Waals surface area contributed by atoms with Gasteiger partial charge in [0.25, 0.3) is 0 Å². The molecule has 1 amide bonds. The number of aromatic amines is 1. The van der Waals surface area contributed by atoms with Crippen molar-refractivity contribution < 1.29 is 4.79 Å². The average molecular weight is 351 g/mol. The zero-order valence-electron chi connectivity index (χ0n) is 14.2. The predicted octanol–water partition coefficient (Wildman–Crippen LogP) is 4.33. The first-order valence-electron chi connectivity index (χ1n) is 8.67. The molecule has 1 saturated heterocycles. The summed E-state index contributed by atoms with van der Waals surface area (Å²) >= 11 is 1.51. The lowest BCUT2D eigenvalue weighted by atomic mass is 10.1. The molecule has 1 aliphatic heterocycles. The van der Waals surface area contributed by atoms with E-state index in [9.17, 15) is 4.79 Å². The summed E-state index contributed by atoms with van der Waals surface area (Å²) in [5, 5.41) is 0.531. The Hall–Kier alpha value is -2.27. The van der Waals surface area contributed by atoms with E-state index < -0.39 is 0 Å². The number of carbonyl (C=O) groups excluding carboxylic acids is 1. The Morgan fingerprint density at radius 3 is 2.68 bits per heavy atom. The quantitative estimate of drug-likeness (QED) is 0.712. The zero-order valence-corrected chi connectivity index (χ0v) is 15.1. The fraction of sp³-hybridized carbons (Fsp3) is 0.300. The molecule has 1 aliphatic rings. The second-order valence-corrected chi connectivity index (χ2v) is 7.60. The van der Waals surface area contributed by atoms with Gasteiger partial charge in [0.1, 0.15) is 5.25 Å². The molecule has 0 aliphatic carbocycles. The van der Waals surface area contributed by atoms with Gasteiger partial charge in [0, 0.05) is 13.1 Å². The van der Waals surface area contributed by atoms with E-state index in [1.54, 1.807) is 0 Å². The SMILES string of the molecule is Cc1ccc2nc(S[C@@H](C(=O)N3CCCC3)c3ccccc3)[nH]c2c1. The maximum absolute atomic E-state index is 13.1. The van der Waals surface area contributed by atoms with Crippen LogP contribution in [0.1, 0.15) is 29.2 Å². The molecule has 4 rings (SSSR count). The molecule has 0 saturated carbocycles. The summed E-state index contributed by atoms with van der Waals surface area (Å²) in [5.41, 5.74) is 4.18. The lowest BCUT2D eigenvalue weighted by Crippen LogP contribution is -2.31. The first kappa shape index (κ1) is 16.2. The predicted molar refractivity (Wildman–Crippen MR) is 102 cm³/mol. The Morgan fingerprint density at radius 2 is 1.92 bits per heavy atom. The minimum Gasteiger partial charge on any atom is -0.341 e. The molecule has 1 N–H and O–H groups in total. The van der Waals surface area contributed by atoms with Crippen molar-refractivity contribution in [3.63, 3.8) is 0 Å². The van der Waals surface area contributed by atoms with Gasteiger partial charge in [-0.15, -0.1) is 0 Å². The molecular weight excluding hydrogens is 330 g/mol. The number of aryl methyl sites for hydroxylation is 1. The summed E-state index contributed by atoms with van der Waals surface area (Å²) < 4.78 is 0. The van der Waals surface area contributed by atoms with Gasteiger partial charge in [0.15, 0.2) is 5.16 Å². The summed E-state index contributed by atoms with van der Waals surface area (Å²) in [6.07, 6.45) is 2.20. The number of rotatable bonds is 4.